The highest BCUT2D eigenvalue weighted by molar-refractivity contribution is 5.82. The first-order valence-electron chi connectivity index (χ1n) is 6.73. The largest absolute Gasteiger partial charge is 0.357 e. The minimum Gasteiger partial charge on any atom is -0.357 e. The third-order valence-corrected chi connectivity index (χ3v) is 4.00. The van der Waals surface area contributed by atoms with Crippen LogP contribution in [0.2, 0.25) is 0 Å². The van der Waals surface area contributed by atoms with Gasteiger partial charge < -0.3 is 4.90 Å². The van der Waals surface area contributed by atoms with Crippen LogP contribution in [0.15, 0.2) is 18.2 Å². The average molecular weight is 261 g/mol. The van der Waals surface area contributed by atoms with E-state index in [1.54, 1.807) is 0 Å². The van der Waals surface area contributed by atoms with E-state index in [-0.39, 0.29) is 11.4 Å². The number of anilines is 1. The molecule has 0 aromatic heterocycles. The summed E-state index contributed by atoms with van der Waals surface area (Å²) >= 11 is 0. The molecule has 0 bridgehead atoms. The van der Waals surface area contributed by atoms with Gasteiger partial charge in [-0.05, 0) is 44.7 Å². The fraction of sp³-hybridized carbons (Fsp3) is 0.533. The summed E-state index contributed by atoms with van der Waals surface area (Å²) in [5.74, 6) is 5.57. The molecule has 19 heavy (non-hydrogen) atoms. The zero-order chi connectivity index (χ0) is 14.2. The zero-order valence-corrected chi connectivity index (χ0v) is 12.2. The molecule has 3 N–H and O–H groups in total. The molecule has 0 radical (unpaired) electrons. The SMILES string of the molecule is Cc1ccc2c(c1)[C@@H](C)CC(C)(C)N2CC(=O)NN. The van der Waals surface area contributed by atoms with Crippen LogP contribution in [0.4, 0.5) is 5.69 Å². The van der Waals surface area contributed by atoms with E-state index in [1.807, 2.05) is 0 Å². The lowest BCUT2D eigenvalue weighted by Crippen LogP contribution is -2.53. The van der Waals surface area contributed by atoms with E-state index < -0.39 is 0 Å². The topological polar surface area (TPSA) is 58.4 Å². The summed E-state index contributed by atoms with van der Waals surface area (Å²) in [7, 11) is 0. The monoisotopic (exact) mass is 261 g/mol. The Kier molecular flexibility index (Phi) is 3.54. The first-order valence-corrected chi connectivity index (χ1v) is 6.73. The molecule has 1 amide bonds. The normalized spacial score (nSPS) is 20.9. The number of hydrogen-bond donors (Lipinski definition) is 2. The first kappa shape index (κ1) is 13.9. The van der Waals surface area contributed by atoms with Gasteiger partial charge >= 0.3 is 0 Å². The molecule has 0 spiro atoms. The maximum Gasteiger partial charge on any atom is 0.253 e. The molecule has 0 fully saturated rings. The van der Waals surface area contributed by atoms with E-state index >= 15 is 0 Å². The summed E-state index contributed by atoms with van der Waals surface area (Å²) in [5, 5.41) is 0. The average Bonchev–Trinajstić information content (AvgIpc) is 2.34. The fourth-order valence-electron chi connectivity index (χ4n) is 3.10. The third-order valence-electron chi connectivity index (χ3n) is 4.00. The molecule has 1 aromatic rings. The van der Waals surface area contributed by atoms with Crippen LogP contribution in [-0.4, -0.2) is 18.0 Å². The van der Waals surface area contributed by atoms with Crippen molar-refractivity contribution >= 4 is 11.6 Å². The van der Waals surface area contributed by atoms with Crippen LogP contribution in [0.3, 0.4) is 0 Å². The van der Waals surface area contributed by atoms with Crippen LogP contribution in [0, 0.1) is 6.92 Å². The number of nitrogens with two attached hydrogens (primary N) is 1. The Bertz CT molecular complexity index is 496. The maximum absolute atomic E-state index is 11.6. The number of carbonyl (C=O) groups is 1. The standard InChI is InChI=1S/C15H23N3O/c1-10-5-6-13-12(7-10)11(2)8-15(3,4)18(13)9-14(19)17-16/h5-7,11H,8-9,16H2,1-4H3,(H,17,19)/t11-/m0/s1. The Morgan fingerprint density at radius 1 is 1.53 bits per heavy atom. The predicted octanol–water partition coefficient (Wildman–Crippen LogP) is 2.08. The van der Waals surface area contributed by atoms with Gasteiger partial charge in [0.05, 0.1) is 6.54 Å². The van der Waals surface area contributed by atoms with Crippen molar-refractivity contribution in [2.75, 3.05) is 11.4 Å². The molecule has 0 saturated carbocycles. The molecular weight excluding hydrogens is 238 g/mol. The summed E-state index contributed by atoms with van der Waals surface area (Å²) < 4.78 is 0. The van der Waals surface area contributed by atoms with Crippen molar-refractivity contribution in [3.05, 3.63) is 29.3 Å². The van der Waals surface area contributed by atoms with Gasteiger partial charge in [-0.3, -0.25) is 10.2 Å². The molecule has 104 valence electrons. The van der Waals surface area contributed by atoms with Crippen LogP contribution in [-0.2, 0) is 4.79 Å². The van der Waals surface area contributed by atoms with E-state index in [2.05, 4.69) is 56.2 Å². The first-order chi connectivity index (χ1) is 8.85. The summed E-state index contributed by atoms with van der Waals surface area (Å²) in [4.78, 5) is 13.8. The molecule has 1 aliphatic heterocycles. The van der Waals surface area contributed by atoms with Crippen molar-refractivity contribution in [1.29, 1.82) is 0 Å². The predicted molar refractivity (Wildman–Crippen MR) is 78.0 cm³/mol. The molecule has 0 unspecified atom stereocenters. The smallest absolute Gasteiger partial charge is 0.253 e. The summed E-state index contributed by atoms with van der Waals surface area (Å²) in [6, 6.07) is 6.44. The lowest BCUT2D eigenvalue weighted by molar-refractivity contribution is -0.120. The van der Waals surface area contributed by atoms with Crippen molar-refractivity contribution in [3.63, 3.8) is 0 Å². The second kappa shape index (κ2) is 4.85. The highest BCUT2D eigenvalue weighted by Gasteiger charge is 2.36. The molecule has 1 aliphatic rings. The van der Waals surface area contributed by atoms with Gasteiger partial charge in [0.2, 0.25) is 0 Å². The van der Waals surface area contributed by atoms with Gasteiger partial charge in [-0.25, -0.2) is 5.84 Å². The van der Waals surface area contributed by atoms with Gasteiger partial charge in [0, 0.05) is 11.2 Å². The number of hydrazine groups is 1. The second-order valence-electron chi connectivity index (χ2n) is 6.13. The number of hydrogen-bond acceptors (Lipinski definition) is 3. The van der Waals surface area contributed by atoms with Crippen molar-refractivity contribution < 1.29 is 4.79 Å². The molecular formula is C15H23N3O. The molecule has 4 nitrogen and oxygen atoms in total. The van der Waals surface area contributed by atoms with Crippen LogP contribution in [0.1, 0.15) is 44.2 Å². The second-order valence-corrected chi connectivity index (χ2v) is 6.13. The van der Waals surface area contributed by atoms with E-state index in [4.69, 9.17) is 5.84 Å². The van der Waals surface area contributed by atoms with Gasteiger partial charge in [0.25, 0.3) is 5.91 Å². The molecule has 4 heteroatoms. The zero-order valence-electron chi connectivity index (χ0n) is 12.2. The van der Waals surface area contributed by atoms with Gasteiger partial charge in [-0.1, -0.05) is 24.6 Å². The highest BCUT2D eigenvalue weighted by atomic mass is 16.2. The maximum atomic E-state index is 11.6. The molecule has 1 atom stereocenters. The number of fused-ring (bicyclic) bond motifs is 1. The highest BCUT2D eigenvalue weighted by Crippen LogP contribution is 2.43. The summed E-state index contributed by atoms with van der Waals surface area (Å²) in [6.07, 6.45) is 1.03. The number of nitrogens with one attached hydrogen (secondary N) is 1. The van der Waals surface area contributed by atoms with Gasteiger partial charge in [-0.15, -0.1) is 0 Å². The number of aryl methyl sites for hydroxylation is 1. The van der Waals surface area contributed by atoms with Gasteiger partial charge in [0.1, 0.15) is 0 Å². The number of rotatable bonds is 2. The molecule has 2 rings (SSSR count). The number of nitrogens with zero attached hydrogens (tertiary/aromatic N) is 1. The number of carbonyl (C=O) groups excluding carboxylic acids is 1. The molecule has 1 heterocycles. The molecule has 0 saturated heterocycles. The van der Waals surface area contributed by atoms with E-state index in [1.165, 1.54) is 11.1 Å². The Hall–Kier alpha value is -1.55. The summed E-state index contributed by atoms with van der Waals surface area (Å²) in [5.41, 5.74) is 5.91. The summed E-state index contributed by atoms with van der Waals surface area (Å²) in [6.45, 7) is 9.00. The van der Waals surface area contributed by atoms with Gasteiger partial charge in [-0.2, -0.15) is 0 Å². The molecule has 0 aliphatic carbocycles. The van der Waals surface area contributed by atoms with Crippen LogP contribution in [0.25, 0.3) is 0 Å². The van der Waals surface area contributed by atoms with Crippen molar-refractivity contribution in [3.8, 4) is 0 Å². The van der Waals surface area contributed by atoms with E-state index in [0.29, 0.717) is 12.5 Å². The third kappa shape index (κ3) is 2.59. The Morgan fingerprint density at radius 2 is 2.21 bits per heavy atom. The minimum atomic E-state index is -0.158. The van der Waals surface area contributed by atoms with Crippen molar-refractivity contribution in [2.45, 2.75) is 45.6 Å². The Labute approximate surface area is 114 Å². The molecule has 1 aromatic carbocycles. The van der Waals surface area contributed by atoms with Crippen molar-refractivity contribution in [1.82, 2.24) is 5.43 Å². The van der Waals surface area contributed by atoms with Gasteiger partial charge in [0.15, 0.2) is 0 Å². The Morgan fingerprint density at radius 3 is 2.84 bits per heavy atom. The fourth-order valence-corrected chi connectivity index (χ4v) is 3.10. The lowest BCUT2D eigenvalue weighted by atomic mass is 9.79. The van der Waals surface area contributed by atoms with Crippen LogP contribution < -0.4 is 16.2 Å². The van der Waals surface area contributed by atoms with E-state index in [0.717, 1.165) is 12.1 Å². The van der Waals surface area contributed by atoms with Crippen molar-refractivity contribution in [2.24, 2.45) is 5.84 Å². The van der Waals surface area contributed by atoms with E-state index in [9.17, 15) is 4.79 Å². The quantitative estimate of drug-likeness (QED) is 0.487. The van der Waals surface area contributed by atoms with Crippen LogP contribution >= 0.6 is 0 Å². The van der Waals surface area contributed by atoms with Crippen LogP contribution in [0.5, 0.6) is 0 Å². The lowest BCUT2D eigenvalue weighted by Gasteiger charge is -2.47. The number of benzene rings is 1. The Balaban J connectivity index is 2.45. The number of amides is 1. The minimum absolute atomic E-state index is 0.0474.